The van der Waals surface area contributed by atoms with Gasteiger partial charge in [-0.15, -0.1) is 0 Å². The molecular weight excluding hydrogens is 366 g/mol. The van der Waals surface area contributed by atoms with Crippen LogP contribution in [0.5, 0.6) is 5.75 Å². The Labute approximate surface area is 161 Å². The highest BCUT2D eigenvalue weighted by Crippen LogP contribution is 2.21. The van der Waals surface area contributed by atoms with E-state index in [0.29, 0.717) is 22.1 Å². The number of fused-ring (bicyclic) bond motifs is 1. The molecule has 1 aromatic carbocycles. The van der Waals surface area contributed by atoms with Gasteiger partial charge in [0.05, 0.1) is 10.7 Å². The molecule has 6 nitrogen and oxygen atoms in total. The van der Waals surface area contributed by atoms with Crippen LogP contribution in [-0.2, 0) is 4.79 Å². The third-order valence-electron chi connectivity index (χ3n) is 4.23. The van der Waals surface area contributed by atoms with Crippen molar-refractivity contribution < 1.29 is 9.53 Å². The van der Waals surface area contributed by atoms with E-state index in [2.05, 4.69) is 10.3 Å². The van der Waals surface area contributed by atoms with Gasteiger partial charge in [-0.05, 0) is 57.0 Å². The van der Waals surface area contributed by atoms with Crippen LogP contribution >= 0.6 is 11.6 Å². The standard InChI is InChI=1S/C20H20ClN3O3/c1-11-5-6-12(2)16(9-11)27-14(4)19(25)23-18-13(3)22-17-8-7-15(21)10-24(17)20(18)26/h5-10,14H,1-4H3,(H,23,25)/t14-/m1/s1. The Balaban J connectivity index is 1.87. The largest absolute Gasteiger partial charge is 0.481 e. The summed E-state index contributed by atoms with van der Waals surface area (Å²) in [6.07, 6.45) is 0.682. The smallest absolute Gasteiger partial charge is 0.281 e. The first-order valence-corrected chi connectivity index (χ1v) is 8.87. The number of carbonyl (C=O) groups excluding carboxylic acids is 1. The van der Waals surface area contributed by atoms with Crippen molar-refractivity contribution in [2.75, 3.05) is 5.32 Å². The zero-order valence-corrected chi connectivity index (χ0v) is 16.3. The van der Waals surface area contributed by atoms with Gasteiger partial charge in [0.25, 0.3) is 11.5 Å². The first kappa shape index (κ1) is 18.9. The topological polar surface area (TPSA) is 72.7 Å². The molecule has 0 aliphatic carbocycles. The van der Waals surface area contributed by atoms with Gasteiger partial charge < -0.3 is 10.1 Å². The van der Waals surface area contributed by atoms with E-state index in [1.807, 2.05) is 32.0 Å². The Bertz CT molecular complexity index is 1090. The summed E-state index contributed by atoms with van der Waals surface area (Å²) in [5, 5.41) is 3.04. The molecule has 140 valence electrons. The second kappa shape index (κ2) is 7.40. The molecule has 3 rings (SSSR count). The minimum Gasteiger partial charge on any atom is -0.481 e. The lowest BCUT2D eigenvalue weighted by Crippen LogP contribution is -2.33. The number of amides is 1. The number of nitrogens with one attached hydrogen (secondary N) is 1. The minimum absolute atomic E-state index is 0.108. The summed E-state index contributed by atoms with van der Waals surface area (Å²) in [6.45, 7) is 7.16. The summed E-state index contributed by atoms with van der Waals surface area (Å²) in [6, 6.07) is 9.08. The predicted octanol–water partition coefficient (Wildman–Crippen LogP) is 3.68. The number of benzene rings is 1. The maximum absolute atomic E-state index is 12.7. The monoisotopic (exact) mass is 385 g/mol. The number of hydrogen-bond acceptors (Lipinski definition) is 4. The summed E-state index contributed by atoms with van der Waals surface area (Å²) < 4.78 is 7.09. The van der Waals surface area contributed by atoms with Gasteiger partial charge in [-0.1, -0.05) is 23.7 Å². The maximum Gasteiger partial charge on any atom is 0.281 e. The molecule has 0 saturated carbocycles. The molecule has 0 fully saturated rings. The molecule has 0 aliphatic rings. The number of pyridine rings is 1. The molecule has 1 N–H and O–H groups in total. The first-order valence-electron chi connectivity index (χ1n) is 8.49. The highest BCUT2D eigenvalue weighted by Gasteiger charge is 2.19. The quantitative estimate of drug-likeness (QED) is 0.743. The van der Waals surface area contributed by atoms with Crippen LogP contribution in [0.1, 0.15) is 23.7 Å². The van der Waals surface area contributed by atoms with Crippen LogP contribution in [0.25, 0.3) is 5.65 Å². The molecule has 0 radical (unpaired) electrons. The van der Waals surface area contributed by atoms with Crippen molar-refractivity contribution in [1.29, 1.82) is 0 Å². The van der Waals surface area contributed by atoms with E-state index in [1.54, 1.807) is 26.0 Å². The van der Waals surface area contributed by atoms with Gasteiger partial charge >= 0.3 is 0 Å². The Hall–Kier alpha value is -2.86. The normalized spacial score (nSPS) is 12.0. The number of carbonyl (C=O) groups is 1. The van der Waals surface area contributed by atoms with E-state index in [9.17, 15) is 9.59 Å². The highest BCUT2D eigenvalue weighted by atomic mass is 35.5. The molecule has 0 unspecified atom stereocenters. The maximum atomic E-state index is 12.7. The predicted molar refractivity (Wildman–Crippen MR) is 106 cm³/mol. The van der Waals surface area contributed by atoms with E-state index in [1.165, 1.54) is 10.6 Å². The summed E-state index contributed by atoms with van der Waals surface area (Å²) >= 11 is 5.96. The Morgan fingerprint density at radius 3 is 2.70 bits per heavy atom. The number of halogens is 1. The summed E-state index contributed by atoms with van der Waals surface area (Å²) in [5.41, 5.74) is 2.56. The molecule has 2 aromatic heterocycles. The molecule has 7 heteroatoms. The third-order valence-corrected chi connectivity index (χ3v) is 4.46. The van der Waals surface area contributed by atoms with Crippen LogP contribution in [0.4, 0.5) is 5.69 Å². The fourth-order valence-electron chi connectivity index (χ4n) is 2.67. The van der Waals surface area contributed by atoms with Gasteiger partial charge in [-0.3, -0.25) is 14.0 Å². The lowest BCUT2D eigenvalue weighted by molar-refractivity contribution is -0.122. The van der Waals surface area contributed by atoms with Gasteiger partial charge in [0, 0.05) is 6.20 Å². The Morgan fingerprint density at radius 1 is 1.22 bits per heavy atom. The lowest BCUT2D eigenvalue weighted by atomic mass is 10.1. The Morgan fingerprint density at radius 2 is 1.96 bits per heavy atom. The SMILES string of the molecule is Cc1ccc(C)c(O[C@H](C)C(=O)Nc2c(C)nc3ccc(Cl)cn3c2=O)c1. The summed E-state index contributed by atoms with van der Waals surface area (Å²) in [4.78, 5) is 29.7. The lowest BCUT2D eigenvalue weighted by Gasteiger charge is -2.17. The van der Waals surface area contributed by atoms with Crippen molar-refractivity contribution in [3.8, 4) is 5.75 Å². The van der Waals surface area contributed by atoms with E-state index >= 15 is 0 Å². The van der Waals surface area contributed by atoms with E-state index < -0.39 is 17.6 Å². The van der Waals surface area contributed by atoms with Crippen molar-refractivity contribution in [2.24, 2.45) is 0 Å². The number of ether oxygens (including phenoxy) is 1. The molecule has 1 amide bonds. The van der Waals surface area contributed by atoms with Gasteiger partial charge in [0.1, 0.15) is 17.1 Å². The van der Waals surface area contributed by atoms with E-state index in [0.717, 1.165) is 11.1 Å². The molecule has 0 aliphatic heterocycles. The third kappa shape index (κ3) is 3.95. The van der Waals surface area contributed by atoms with Crippen LogP contribution in [-0.4, -0.2) is 21.4 Å². The molecule has 0 bridgehead atoms. The molecule has 27 heavy (non-hydrogen) atoms. The molecule has 1 atom stereocenters. The van der Waals surface area contributed by atoms with Crippen LogP contribution < -0.4 is 15.6 Å². The average molecular weight is 386 g/mol. The summed E-state index contributed by atoms with van der Waals surface area (Å²) in [5.74, 6) is 0.203. The number of rotatable bonds is 4. The molecule has 3 aromatic rings. The average Bonchev–Trinajstić information content (AvgIpc) is 2.62. The van der Waals surface area contributed by atoms with E-state index in [-0.39, 0.29) is 5.69 Å². The fraction of sp³-hybridized carbons (Fsp3) is 0.250. The number of aromatic nitrogens is 2. The minimum atomic E-state index is -0.788. The number of hydrogen-bond donors (Lipinski definition) is 1. The van der Waals surface area contributed by atoms with Gasteiger partial charge in [-0.2, -0.15) is 0 Å². The number of aryl methyl sites for hydroxylation is 3. The second-order valence-corrected chi connectivity index (χ2v) is 6.91. The van der Waals surface area contributed by atoms with Crippen LogP contribution in [0, 0.1) is 20.8 Å². The van der Waals surface area contributed by atoms with Crippen molar-refractivity contribution in [2.45, 2.75) is 33.8 Å². The van der Waals surface area contributed by atoms with E-state index in [4.69, 9.17) is 16.3 Å². The fourth-order valence-corrected chi connectivity index (χ4v) is 2.83. The first-order chi connectivity index (χ1) is 12.8. The second-order valence-electron chi connectivity index (χ2n) is 6.47. The number of nitrogens with zero attached hydrogens (tertiary/aromatic N) is 2. The molecule has 0 spiro atoms. The van der Waals surface area contributed by atoms with Gasteiger partial charge in [-0.25, -0.2) is 4.98 Å². The zero-order valence-electron chi connectivity index (χ0n) is 15.5. The van der Waals surface area contributed by atoms with Crippen LogP contribution in [0.15, 0.2) is 41.3 Å². The van der Waals surface area contributed by atoms with Crippen LogP contribution in [0.3, 0.4) is 0 Å². The van der Waals surface area contributed by atoms with Gasteiger partial charge in [0.15, 0.2) is 6.10 Å². The summed E-state index contributed by atoms with van der Waals surface area (Å²) in [7, 11) is 0. The van der Waals surface area contributed by atoms with Crippen molar-refractivity contribution in [3.63, 3.8) is 0 Å². The molecule has 0 saturated heterocycles. The van der Waals surface area contributed by atoms with Crippen molar-refractivity contribution >= 4 is 28.8 Å². The van der Waals surface area contributed by atoms with Crippen molar-refractivity contribution in [3.05, 3.63) is 68.7 Å². The van der Waals surface area contributed by atoms with Crippen LogP contribution in [0.2, 0.25) is 5.02 Å². The zero-order chi connectivity index (χ0) is 19.7. The van der Waals surface area contributed by atoms with Gasteiger partial charge in [0.2, 0.25) is 0 Å². The Kier molecular flexibility index (Phi) is 5.19. The molecule has 2 heterocycles. The van der Waals surface area contributed by atoms with Crippen molar-refractivity contribution in [1.82, 2.24) is 9.38 Å². The molecular formula is C20H20ClN3O3. The number of anilines is 1. The highest BCUT2D eigenvalue weighted by molar-refractivity contribution is 6.30.